The molecule has 0 bridgehead atoms. The number of rotatable bonds is 5. The average Bonchev–Trinajstić information content (AvgIpc) is 3.35. The van der Waals surface area contributed by atoms with Crippen molar-refractivity contribution in [3.63, 3.8) is 0 Å². The molecule has 0 saturated heterocycles. The third-order valence-corrected chi connectivity index (χ3v) is 8.81. The summed E-state index contributed by atoms with van der Waals surface area (Å²) >= 11 is 0. The molecule has 45 heavy (non-hydrogen) atoms. The third-order valence-electron chi connectivity index (χ3n) is 8.81. The molecule has 7 aromatic rings. The van der Waals surface area contributed by atoms with Gasteiger partial charge in [-0.3, -0.25) is 9.97 Å². The molecule has 3 aromatic heterocycles. The van der Waals surface area contributed by atoms with Gasteiger partial charge in [0.05, 0.1) is 22.8 Å². The van der Waals surface area contributed by atoms with Gasteiger partial charge in [-0.05, 0) is 64.7 Å². The maximum atomic E-state index is 5.27. The molecule has 3 heterocycles. The van der Waals surface area contributed by atoms with Crippen molar-refractivity contribution < 1.29 is 0 Å². The molecule has 214 valence electrons. The topological polar surface area (TPSA) is 51.6 Å². The molecule has 0 saturated carbocycles. The van der Waals surface area contributed by atoms with E-state index in [1.165, 1.54) is 22.3 Å². The summed E-state index contributed by atoms with van der Waals surface area (Å²) < 4.78 is 0. The van der Waals surface area contributed by atoms with Crippen LogP contribution >= 0.6 is 0 Å². The highest BCUT2D eigenvalue weighted by atomic mass is 14.9. The fourth-order valence-corrected chi connectivity index (χ4v) is 6.55. The fraction of sp³-hybridized carbons (Fsp3) is 0.0732. The van der Waals surface area contributed by atoms with Crippen LogP contribution in [0.4, 0.5) is 0 Å². The zero-order valence-electron chi connectivity index (χ0n) is 25.1. The lowest BCUT2D eigenvalue weighted by atomic mass is 9.82. The third kappa shape index (κ3) is 4.72. The van der Waals surface area contributed by atoms with Gasteiger partial charge < -0.3 is 0 Å². The van der Waals surface area contributed by atoms with Gasteiger partial charge in [-0.1, -0.05) is 105 Å². The van der Waals surface area contributed by atoms with E-state index in [9.17, 15) is 0 Å². The van der Waals surface area contributed by atoms with Crippen molar-refractivity contribution in [3.05, 3.63) is 157 Å². The van der Waals surface area contributed by atoms with Crippen LogP contribution in [0.5, 0.6) is 0 Å². The van der Waals surface area contributed by atoms with E-state index in [2.05, 4.69) is 121 Å². The molecule has 0 aliphatic heterocycles. The van der Waals surface area contributed by atoms with Crippen molar-refractivity contribution in [1.82, 2.24) is 19.9 Å². The lowest BCUT2D eigenvalue weighted by Crippen LogP contribution is -2.14. The number of fused-ring (bicyclic) bond motifs is 3. The maximum absolute atomic E-state index is 5.27. The summed E-state index contributed by atoms with van der Waals surface area (Å²) in [5.41, 5.74) is 13.8. The van der Waals surface area contributed by atoms with Crippen LogP contribution in [0.1, 0.15) is 25.0 Å². The first-order valence-electron chi connectivity index (χ1n) is 15.2. The number of benzene rings is 4. The summed E-state index contributed by atoms with van der Waals surface area (Å²) in [6.45, 7) is 4.62. The van der Waals surface area contributed by atoms with Gasteiger partial charge in [0.1, 0.15) is 0 Å². The smallest absolute Gasteiger partial charge is 0.160 e. The largest absolute Gasteiger partial charge is 0.256 e. The van der Waals surface area contributed by atoms with Gasteiger partial charge in [0.2, 0.25) is 0 Å². The second-order valence-electron chi connectivity index (χ2n) is 12.0. The quantitative estimate of drug-likeness (QED) is 0.204. The summed E-state index contributed by atoms with van der Waals surface area (Å²) in [6, 6.07) is 46.2. The molecule has 1 aliphatic carbocycles. The van der Waals surface area contributed by atoms with Crippen molar-refractivity contribution in [2.75, 3.05) is 0 Å². The fourth-order valence-electron chi connectivity index (χ4n) is 6.55. The zero-order chi connectivity index (χ0) is 30.4. The minimum atomic E-state index is -0.103. The summed E-state index contributed by atoms with van der Waals surface area (Å²) in [6.07, 6.45) is 3.65. The molecular weight excluding hydrogens is 548 g/mol. The lowest BCUT2D eigenvalue weighted by Gasteiger charge is -2.21. The van der Waals surface area contributed by atoms with Crippen LogP contribution in [-0.2, 0) is 5.41 Å². The minimum absolute atomic E-state index is 0.103. The highest BCUT2D eigenvalue weighted by Crippen LogP contribution is 2.52. The summed E-state index contributed by atoms with van der Waals surface area (Å²) in [5.74, 6) is 0.673. The summed E-state index contributed by atoms with van der Waals surface area (Å²) in [5, 5.41) is 0. The normalized spacial score (nSPS) is 12.8. The number of hydrogen-bond acceptors (Lipinski definition) is 4. The molecule has 1 aliphatic rings. The van der Waals surface area contributed by atoms with Crippen molar-refractivity contribution in [2.24, 2.45) is 0 Å². The summed E-state index contributed by atoms with van der Waals surface area (Å²) in [7, 11) is 0. The monoisotopic (exact) mass is 578 g/mol. The Balaban J connectivity index is 1.35. The standard InChI is InChI=1S/C41H30N4/c1-41(2)33-18-4-3-16-31(33)39-32(17-11-19-34(39)41)38-26-37(29-14-9-12-27(24-29)35-20-5-7-22-42-35)44-40(45-38)30-15-10-13-28(25-30)36-21-6-8-23-43-36/h3-26H,1-2H3. The van der Waals surface area contributed by atoms with Crippen LogP contribution < -0.4 is 0 Å². The average molecular weight is 579 g/mol. The molecule has 0 spiro atoms. The predicted molar refractivity (Wildman–Crippen MR) is 182 cm³/mol. The first-order valence-corrected chi connectivity index (χ1v) is 15.2. The SMILES string of the molecule is CC1(C)c2ccccc2-c2c(-c3cc(-c4cccc(-c5ccccn5)c4)nc(-c4cccc(-c5ccccn5)c4)n3)cccc21. The summed E-state index contributed by atoms with van der Waals surface area (Å²) in [4.78, 5) is 19.6. The highest BCUT2D eigenvalue weighted by Gasteiger charge is 2.36. The molecule has 4 nitrogen and oxygen atoms in total. The Bertz CT molecular complexity index is 2090. The molecule has 4 aromatic carbocycles. The number of pyridine rings is 2. The van der Waals surface area contributed by atoms with Crippen molar-refractivity contribution in [1.29, 1.82) is 0 Å². The van der Waals surface area contributed by atoms with Gasteiger partial charge in [0.25, 0.3) is 0 Å². The van der Waals surface area contributed by atoms with Gasteiger partial charge in [-0.25, -0.2) is 9.97 Å². The molecule has 0 radical (unpaired) electrons. The Labute approximate surface area is 263 Å². The van der Waals surface area contributed by atoms with Crippen LogP contribution in [0.2, 0.25) is 0 Å². The van der Waals surface area contributed by atoms with Gasteiger partial charge in [0, 0.05) is 45.6 Å². The van der Waals surface area contributed by atoms with E-state index in [0.717, 1.165) is 50.6 Å². The zero-order valence-corrected chi connectivity index (χ0v) is 25.1. The van der Waals surface area contributed by atoms with Gasteiger partial charge >= 0.3 is 0 Å². The second-order valence-corrected chi connectivity index (χ2v) is 12.0. The molecule has 0 N–H and O–H groups in total. The first-order chi connectivity index (χ1) is 22.1. The van der Waals surface area contributed by atoms with Crippen LogP contribution in [-0.4, -0.2) is 19.9 Å². The predicted octanol–water partition coefficient (Wildman–Crippen LogP) is 9.91. The van der Waals surface area contributed by atoms with E-state index in [1.807, 2.05) is 48.8 Å². The van der Waals surface area contributed by atoms with Crippen LogP contribution in [0.15, 0.2) is 146 Å². The highest BCUT2D eigenvalue weighted by molar-refractivity contribution is 5.92. The molecule has 0 unspecified atom stereocenters. The molecule has 4 heteroatoms. The van der Waals surface area contributed by atoms with Crippen LogP contribution in [0.3, 0.4) is 0 Å². The molecular formula is C41H30N4. The Kier molecular flexibility index (Phi) is 6.42. The molecule has 0 fully saturated rings. The second kappa shape index (κ2) is 10.8. The Morgan fingerprint density at radius 2 is 0.956 bits per heavy atom. The van der Waals surface area contributed by atoms with Crippen LogP contribution in [0, 0.1) is 0 Å². The number of hydrogen-bond donors (Lipinski definition) is 0. The number of aromatic nitrogens is 4. The van der Waals surface area contributed by atoms with Gasteiger partial charge in [0.15, 0.2) is 5.82 Å². The maximum Gasteiger partial charge on any atom is 0.160 e. The Hall–Kier alpha value is -5.74. The van der Waals surface area contributed by atoms with Crippen molar-refractivity contribution in [2.45, 2.75) is 19.3 Å². The van der Waals surface area contributed by atoms with E-state index < -0.39 is 0 Å². The Morgan fingerprint density at radius 1 is 0.422 bits per heavy atom. The molecule has 0 amide bonds. The molecule has 0 atom stereocenters. The van der Waals surface area contributed by atoms with E-state index in [0.29, 0.717) is 5.82 Å². The van der Waals surface area contributed by atoms with Crippen LogP contribution in [0.25, 0.3) is 67.5 Å². The van der Waals surface area contributed by atoms with E-state index >= 15 is 0 Å². The molecule has 8 rings (SSSR count). The van der Waals surface area contributed by atoms with E-state index in [1.54, 1.807) is 0 Å². The number of nitrogens with zero attached hydrogens (tertiary/aromatic N) is 4. The lowest BCUT2D eigenvalue weighted by molar-refractivity contribution is 0.660. The minimum Gasteiger partial charge on any atom is -0.256 e. The van der Waals surface area contributed by atoms with Gasteiger partial charge in [-0.2, -0.15) is 0 Å². The van der Waals surface area contributed by atoms with E-state index in [4.69, 9.17) is 9.97 Å². The van der Waals surface area contributed by atoms with Crippen molar-refractivity contribution >= 4 is 0 Å². The first kappa shape index (κ1) is 26.9. The Morgan fingerprint density at radius 3 is 1.64 bits per heavy atom. The van der Waals surface area contributed by atoms with Crippen molar-refractivity contribution in [3.8, 4) is 67.5 Å². The van der Waals surface area contributed by atoms with E-state index in [-0.39, 0.29) is 5.41 Å². The van der Waals surface area contributed by atoms with Gasteiger partial charge in [-0.15, -0.1) is 0 Å².